The summed E-state index contributed by atoms with van der Waals surface area (Å²) >= 11 is 0. The molecule has 1 aromatic carbocycles. The van der Waals surface area contributed by atoms with Gasteiger partial charge in [-0.1, -0.05) is 26.0 Å². The van der Waals surface area contributed by atoms with Crippen molar-refractivity contribution in [1.29, 1.82) is 0 Å². The smallest absolute Gasteiger partial charge is 0.329 e. The van der Waals surface area contributed by atoms with Crippen LogP contribution < -0.4 is 10.5 Å². The first-order valence-electron chi connectivity index (χ1n) is 14.3. The Hall–Kier alpha value is -2.69. The van der Waals surface area contributed by atoms with Gasteiger partial charge in [0.25, 0.3) is 0 Å². The molecule has 14 nitrogen and oxygen atoms in total. The Morgan fingerprint density at radius 3 is 2.64 bits per heavy atom. The number of hydrogen-bond donors (Lipinski definition) is 5. The third-order valence-electron chi connectivity index (χ3n) is 9.27. The number of hydrogen-bond acceptors (Lipinski definition) is 11. The lowest BCUT2D eigenvalue weighted by atomic mass is 9.58. The summed E-state index contributed by atoms with van der Waals surface area (Å²) in [6.07, 6.45) is -0.964. The number of carboxylic acids is 1. The van der Waals surface area contributed by atoms with Gasteiger partial charge >= 0.3 is 11.9 Å². The summed E-state index contributed by atoms with van der Waals surface area (Å²) in [5, 5.41) is 41.5. The molecule has 0 aromatic heterocycles. The molecule has 4 aliphatic heterocycles. The van der Waals surface area contributed by atoms with E-state index in [-0.39, 0.29) is 35.4 Å². The van der Waals surface area contributed by atoms with Crippen molar-refractivity contribution in [3.63, 3.8) is 0 Å². The van der Waals surface area contributed by atoms with Crippen molar-refractivity contribution in [3.05, 3.63) is 35.0 Å². The van der Waals surface area contributed by atoms with Crippen LogP contribution >= 0.6 is 0 Å². The van der Waals surface area contributed by atoms with E-state index in [4.69, 9.17) is 29.2 Å². The molecular formula is C28H38N2O12. The van der Waals surface area contributed by atoms with Gasteiger partial charge in [0.05, 0.1) is 6.42 Å². The lowest BCUT2D eigenvalue weighted by molar-refractivity contribution is -0.991. The third kappa shape index (κ3) is 5.65. The molecule has 232 valence electrons. The number of rotatable bonds is 9. The van der Waals surface area contributed by atoms with Crippen LogP contribution in [0.1, 0.15) is 71.0 Å². The predicted octanol–water partition coefficient (Wildman–Crippen LogP) is 1.22. The maximum atomic E-state index is 12.8. The van der Waals surface area contributed by atoms with Gasteiger partial charge in [0, 0.05) is 36.8 Å². The van der Waals surface area contributed by atoms with E-state index in [0.717, 1.165) is 25.3 Å². The molecule has 1 saturated carbocycles. The number of aliphatic carboxylic acids is 1. The average Bonchev–Trinajstić information content (AvgIpc) is 3.18. The number of esters is 1. The number of carbonyl (C=O) groups excluding carboxylic acids is 2. The average molecular weight is 595 g/mol. The fourth-order valence-corrected chi connectivity index (χ4v) is 6.98. The fourth-order valence-electron chi connectivity index (χ4n) is 6.98. The van der Waals surface area contributed by atoms with E-state index in [9.17, 15) is 29.8 Å². The van der Waals surface area contributed by atoms with Gasteiger partial charge in [0.2, 0.25) is 18.0 Å². The molecule has 6 rings (SSSR count). The topological polar surface area (TPSA) is 198 Å². The Kier molecular flexibility index (Phi) is 8.62. The van der Waals surface area contributed by atoms with Gasteiger partial charge in [-0.25, -0.2) is 19.8 Å². The predicted molar refractivity (Wildman–Crippen MR) is 139 cm³/mol. The molecular weight excluding hydrogens is 556 g/mol. The maximum absolute atomic E-state index is 12.8. The van der Waals surface area contributed by atoms with Crippen LogP contribution in [0.5, 0.6) is 0 Å². The molecule has 5 aliphatic rings. The van der Waals surface area contributed by atoms with Gasteiger partial charge < -0.3 is 34.9 Å². The van der Waals surface area contributed by atoms with Crippen molar-refractivity contribution in [2.45, 2.75) is 95.4 Å². The number of aliphatic hydroxyl groups excluding tert-OH is 1. The molecule has 1 aromatic rings. The zero-order chi connectivity index (χ0) is 30.4. The zero-order valence-corrected chi connectivity index (χ0v) is 23.7. The first-order chi connectivity index (χ1) is 19.8. The van der Waals surface area contributed by atoms with Gasteiger partial charge in [-0.3, -0.25) is 9.59 Å². The summed E-state index contributed by atoms with van der Waals surface area (Å²) in [5.74, 6) is -3.83. The lowest BCUT2D eigenvalue weighted by Crippen LogP contribution is -2.99. The first kappa shape index (κ1) is 30.8. The van der Waals surface area contributed by atoms with Crippen LogP contribution in [0.15, 0.2) is 24.3 Å². The van der Waals surface area contributed by atoms with Crippen LogP contribution in [-0.2, 0) is 38.4 Å². The van der Waals surface area contributed by atoms with Crippen molar-refractivity contribution in [2.75, 3.05) is 0 Å². The number of nitrogens with one attached hydrogen (secondary N) is 2. The molecule has 2 bridgehead atoms. The van der Waals surface area contributed by atoms with Crippen LogP contribution in [0, 0.1) is 28.9 Å². The van der Waals surface area contributed by atoms with Crippen LogP contribution in [0.2, 0.25) is 0 Å². The highest BCUT2D eigenvalue weighted by atomic mass is 17.3. The summed E-state index contributed by atoms with van der Waals surface area (Å²) in [5.41, 5.74) is -0.962. The van der Waals surface area contributed by atoms with E-state index in [0.29, 0.717) is 12.3 Å². The van der Waals surface area contributed by atoms with E-state index in [1.807, 2.05) is 6.92 Å². The van der Waals surface area contributed by atoms with Crippen LogP contribution in [-0.4, -0.2) is 63.3 Å². The Balaban J connectivity index is 1.19. The van der Waals surface area contributed by atoms with Crippen molar-refractivity contribution >= 4 is 23.5 Å². The number of fused-ring (bicyclic) bond motifs is 2. The highest BCUT2D eigenvalue weighted by Gasteiger charge is 2.69. The Labute approximate surface area is 242 Å². The quantitative estimate of drug-likeness (QED) is 0.156. The number of carbonyl (C=O) groups is 3. The molecule has 1 aliphatic carbocycles. The Morgan fingerprint density at radius 1 is 1.17 bits per heavy atom. The number of ether oxygens (including phenoxy) is 3. The Bertz CT molecular complexity index is 1200. The van der Waals surface area contributed by atoms with Gasteiger partial charge in [-0.2, -0.15) is 5.23 Å². The van der Waals surface area contributed by atoms with Crippen LogP contribution in [0.25, 0.3) is 0 Å². The van der Waals surface area contributed by atoms with Gasteiger partial charge in [0.1, 0.15) is 6.10 Å². The van der Waals surface area contributed by atoms with E-state index in [1.165, 1.54) is 18.2 Å². The monoisotopic (exact) mass is 594 g/mol. The van der Waals surface area contributed by atoms with Gasteiger partial charge in [-0.05, 0) is 43.6 Å². The summed E-state index contributed by atoms with van der Waals surface area (Å²) in [6, 6.07) is 3.34. The van der Waals surface area contributed by atoms with E-state index in [2.05, 4.69) is 12.2 Å². The molecule has 42 heavy (non-hydrogen) atoms. The van der Waals surface area contributed by atoms with Crippen molar-refractivity contribution in [1.82, 2.24) is 5.32 Å². The van der Waals surface area contributed by atoms with Gasteiger partial charge in [0.15, 0.2) is 23.6 Å². The molecule has 11 atom stereocenters. The molecule has 11 unspecified atom stereocenters. The molecule has 1 spiro atoms. The standard InChI is InChI=1S/C28H38N2O12/c1-14-7-8-19-15(2)25(39-26-28(19)18(14)11-12-27(3,40-26)41-42-28)38-21(32)10-9-20(31)29-22(24(34)35)23(33)16-5-4-6-17(13-16)30(36)37/h4-6,13-15,18-19,22-23,25-26,30,33,36H,7-12H2,1-3H3,(H,29,31)(H,34,35). The minimum atomic E-state index is -1.77. The maximum Gasteiger partial charge on any atom is 0.329 e. The number of amides is 1. The second-order valence-corrected chi connectivity index (χ2v) is 12.0. The molecule has 0 radical (unpaired) electrons. The third-order valence-corrected chi connectivity index (χ3v) is 9.27. The zero-order valence-electron chi connectivity index (χ0n) is 23.7. The molecule has 1 amide bonds. The van der Waals surface area contributed by atoms with Crippen molar-refractivity contribution < 1.29 is 59.0 Å². The highest BCUT2D eigenvalue weighted by Crippen LogP contribution is 2.60. The molecule has 5 N–H and O–H groups in total. The lowest BCUT2D eigenvalue weighted by Gasteiger charge is -2.59. The molecule has 5 fully saturated rings. The summed E-state index contributed by atoms with van der Waals surface area (Å²) < 4.78 is 18.1. The Morgan fingerprint density at radius 2 is 1.93 bits per heavy atom. The number of carboxylic acid groups (broad SMARTS) is 1. The van der Waals surface area contributed by atoms with E-state index in [1.54, 1.807) is 6.92 Å². The van der Waals surface area contributed by atoms with Crippen LogP contribution in [0.4, 0.5) is 5.69 Å². The molecule has 14 heteroatoms. The minimum Gasteiger partial charge on any atom is -0.595 e. The fraction of sp³-hybridized carbons (Fsp3) is 0.679. The van der Waals surface area contributed by atoms with Crippen molar-refractivity contribution in [3.8, 4) is 0 Å². The SMILES string of the molecule is CC1CCC2C(C)C(OC(=O)CCC(=O)NC(C(=O)O)C(O)c3cccc([NH+]([O-])O)c3)OC3OC4(C)CCC1C32OO4. The number of quaternary nitrogens is 1. The largest absolute Gasteiger partial charge is 0.595 e. The highest BCUT2D eigenvalue weighted by molar-refractivity contribution is 5.86. The number of benzene rings is 1. The number of aliphatic hydroxyl groups is 1. The van der Waals surface area contributed by atoms with E-state index >= 15 is 0 Å². The van der Waals surface area contributed by atoms with E-state index < -0.39 is 65.6 Å². The summed E-state index contributed by atoms with van der Waals surface area (Å²) in [7, 11) is 0. The second kappa shape index (κ2) is 11.8. The summed E-state index contributed by atoms with van der Waals surface area (Å²) in [6.45, 7) is 5.91. The summed E-state index contributed by atoms with van der Waals surface area (Å²) in [4.78, 5) is 49.0. The minimum absolute atomic E-state index is 0.000217. The molecule has 4 heterocycles. The van der Waals surface area contributed by atoms with Gasteiger partial charge in [-0.15, -0.1) is 0 Å². The first-order valence-corrected chi connectivity index (χ1v) is 14.3. The van der Waals surface area contributed by atoms with Crippen molar-refractivity contribution in [2.24, 2.45) is 23.7 Å². The molecule has 4 saturated heterocycles. The normalized spacial score (nSPS) is 37.5. The van der Waals surface area contributed by atoms with Crippen LogP contribution in [0.3, 0.4) is 0 Å². The second-order valence-electron chi connectivity index (χ2n) is 12.0.